The Kier molecular flexibility index (Phi) is 4.66. The van der Waals surface area contributed by atoms with Crippen molar-refractivity contribution >= 4 is 5.97 Å². The van der Waals surface area contributed by atoms with Crippen molar-refractivity contribution in [2.45, 2.75) is 38.5 Å². The Labute approximate surface area is 113 Å². The SMILES string of the molecule is O=C(O)COc1ccc(O)cc1CC1CCCCC1. The Morgan fingerprint density at radius 3 is 2.68 bits per heavy atom. The lowest BCUT2D eigenvalue weighted by Crippen LogP contribution is -2.13. The van der Waals surface area contributed by atoms with Crippen LogP contribution in [0.25, 0.3) is 0 Å². The van der Waals surface area contributed by atoms with Gasteiger partial charge in [-0.15, -0.1) is 0 Å². The summed E-state index contributed by atoms with van der Waals surface area (Å²) in [7, 11) is 0. The molecule has 0 aliphatic heterocycles. The molecule has 19 heavy (non-hydrogen) atoms. The molecule has 104 valence electrons. The molecule has 2 rings (SSSR count). The van der Waals surface area contributed by atoms with E-state index >= 15 is 0 Å². The number of phenols is 1. The highest BCUT2D eigenvalue weighted by molar-refractivity contribution is 5.68. The monoisotopic (exact) mass is 264 g/mol. The fourth-order valence-corrected chi connectivity index (χ4v) is 2.71. The van der Waals surface area contributed by atoms with Gasteiger partial charge in [0.2, 0.25) is 0 Å². The van der Waals surface area contributed by atoms with Crippen LogP contribution in [0.15, 0.2) is 18.2 Å². The first-order valence-electron chi connectivity index (χ1n) is 6.81. The molecule has 0 radical (unpaired) electrons. The number of aliphatic carboxylic acids is 1. The average molecular weight is 264 g/mol. The number of aromatic hydroxyl groups is 1. The molecule has 2 N–H and O–H groups in total. The first kappa shape index (κ1) is 13.7. The number of carboxylic acids is 1. The molecule has 4 nitrogen and oxygen atoms in total. The summed E-state index contributed by atoms with van der Waals surface area (Å²) in [5, 5.41) is 18.2. The summed E-state index contributed by atoms with van der Waals surface area (Å²) in [5.74, 6) is 0.402. The standard InChI is InChI=1S/C15H20O4/c16-13-6-7-14(19-10-15(17)18)12(9-13)8-11-4-2-1-3-5-11/h6-7,9,11,16H,1-5,8,10H2,(H,17,18). The number of benzene rings is 1. The predicted molar refractivity (Wildman–Crippen MR) is 71.5 cm³/mol. The number of hydrogen-bond acceptors (Lipinski definition) is 3. The highest BCUT2D eigenvalue weighted by Crippen LogP contribution is 2.31. The second kappa shape index (κ2) is 6.45. The van der Waals surface area contributed by atoms with E-state index in [2.05, 4.69) is 0 Å². The molecule has 0 unspecified atom stereocenters. The van der Waals surface area contributed by atoms with Crippen molar-refractivity contribution in [3.8, 4) is 11.5 Å². The number of rotatable bonds is 5. The molecule has 0 bridgehead atoms. The maximum atomic E-state index is 10.6. The van der Waals surface area contributed by atoms with Gasteiger partial charge in [-0.3, -0.25) is 0 Å². The van der Waals surface area contributed by atoms with Gasteiger partial charge in [0.25, 0.3) is 0 Å². The van der Waals surface area contributed by atoms with Crippen molar-refractivity contribution < 1.29 is 19.7 Å². The molecule has 1 aliphatic rings. The highest BCUT2D eigenvalue weighted by atomic mass is 16.5. The predicted octanol–water partition coefficient (Wildman–Crippen LogP) is 2.98. The summed E-state index contributed by atoms with van der Waals surface area (Å²) in [6, 6.07) is 4.86. The van der Waals surface area contributed by atoms with Crippen LogP contribution in [0, 0.1) is 5.92 Å². The van der Waals surface area contributed by atoms with Crippen molar-refractivity contribution in [1.29, 1.82) is 0 Å². The summed E-state index contributed by atoms with van der Waals surface area (Å²) < 4.78 is 5.28. The Morgan fingerprint density at radius 1 is 1.26 bits per heavy atom. The van der Waals surface area contributed by atoms with Crippen LogP contribution in [0.5, 0.6) is 11.5 Å². The van der Waals surface area contributed by atoms with Gasteiger partial charge in [-0.2, -0.15) is 0 Å². The quantitative estimate of drug-likeness (QED) is 0.858. The zero-order valence-electron chi connectivity index (χ0n) is 11.0. The van der Waals surface area contributed by atoms with E-state index in [1.807, 2.05) is 0 Å². The average Bonchev–Trinajstić information content (AvgIpc) is 2.39. The zero-order chi connectivity index (χ0) is 13.7. The molecular formula is C15H20O4. The van der Waals surface area contributed by atoms with Crippen molar-refractivity contribution in [3.05, 3.63) is 23.8 Å². The topological polar surface area (TPSA) is 66.8 Å². The van der Waals surface area contributed by atoms with Gasteiger partial charge in [0.05, 0.1) is 0 Å². The van der Waals surface area contributed by atoms with Gasteiger partial charge in [0.15, 0.2) is 6.61 Å². The highest BCUT2D eigenvalue weighted by Gasteiger charge is 2.17. The van der Waals surface area contributed by atoms with Gasteiger partial charge >= 0.3 is 5.97 Å². The number of ether oxygens (including phenoxy) is 1. The molecular weight excluding hydrogens is 244 g/mol. The van der Waals surface area contributed by atoms with Gasteiger partial charge in [-0.05, 0) is 36.1 Å². The van der Waals surface area contributed by atoms with E-state index in [1.54, 1.807) is 12.1 Å². The van der Waals surface area contributed by atoms with Gasteiger partial charge in [-0.25, -0.2) is 4.79 Å². The van der Waals surface area contributed by atoms with Crippen LogP contribution in [0.2, 0.25) is 0 Å². The van der Waals surface area contributed by atoms with E-state index < -0.39 is 5.97 Å². The van der Waals surface area contributed by atoms with Crippen molar-refractivity contribution in [2.24, 2.45) is 5.92 Å². The van der Waals surface area contributed by atoms with E-state index in [-0.39, 0.29) is 12.4 Å². The fraction of sp³-hybridized carbons (Fsp3) is 0.533. The first-order chi connectivity index (χ1) is 9.15. The third-order valence-electron chi connectivity index (χ3n) is 3.63. The second-order valence-electron chi connectivity index (χ2n) is 5.18. The fourth-order valence-electron chi connectivity index (χ4n) is 2.71. The summed E-state index contributed by atoms with van der Waals surface area (Å²) in [6.07, 6.45) is 7.08. The van der Waals surface area contributed by atoms with Crippen LogP contribution >= 0.6 is 0 Å². The zero-order valence-corrected chi connectivity index (χ0v) is 11.0. The largest absolute Gasteiger partial charge is 0.508 e. The van der Waals surface area contributed by atoms with Gasteiger partial charge in [0.1, 0.15) is 11.5 Å². The van der Waals surface area contributed by atoms with E-state index in [4.69, 9.17) is 9.84 Å². The third kappa shape index (κ3) is 4.16. The van der Waals surface area contributed by atoms with Gasteiger partial charge < -0.3 is 14.9 Å². The third-order valence-corrected chi connectivity index (χ3v) is 3.63. The summed E-state index contributed by atoms with van der Waals surface area (Å²) in [4.78, 5) is 10.6. The van der Waals surface area contributed by atoms with Crippen LogP contribution in [0.4, 0.5) is 0 Å². The molecule has 1 aromatic rings. The van der Waals surface area contributed by atoms with E-state index in [0.29, 0.717) is 11.7 Å². The van der Waals surface area contributed by atoms with Crippen LogP contribution in [-0.2, 0) is 11.2 Å². The van der Waals surface area contributed by atoms with Crippen molar-refractivity contribution in [2.75, 3.05) is 6.61 Å². The Balaban J connectivity index is 2.07. The molecule has 0 heterocycles. The molecule has 0 spiro atoms. The lowest BCUT2D eigenvalue weighted by molar-refractivity contribution is -0.139. The Hall–Kier alpha value is -1.71. The summed E-state index contributed by atoms with van der Waals surface area (Å²) in [5.41, 5.74) is 0.910. The van der Waals surface area contributed by atoms with Crippen molar-refractivity contribution in [1.82, 2.24) is 0 Å². The normalized spacial score (nSPS) is 16.2. The molecule has 0 atom stereocenters. The molecule has 0 amide bonds. The van der Waals surface area contributed by atoms with Crippen LogP contribution in [0.1, 0.15) is 37.7 Å². The molecule has 1 saturated carbocycles. The first-order valence-corrected chi connectivity index (χ1v) is 6.81. The second-order valence-corrected chi connectivity index (χ2v) is 5.18. The maximum absolute atomic E-state index is 10.6. The molecule has 1 aliphatic carbocycles. The molecule has 0 saturated heterocycles. The number of phenolic OH excluding ortho intramolecular Hbond substituents is 1. The summed E-state index contributed by atoms with van der Waals surface area (Å²) in [6.45, 7) is -0.345. The maximum Gasteiger partial charge on any atom is 0.341 e. The van der Waals surface area contributed by atoms with Crippen LogP contribution in [-0.4, -0.2) is 22.8 Å². The molecule has 1 fully saturated rings. The van der Waals surface area contributed by atoms with Crippen molar-refractivity contribution in [3.63, 3.8) is 0 Å². The minimum atomic E-state index is -0.989. The number of hydrogen-bond donors (Lipinski definition) is 2. The molecule has 4 heteroatoms. The molecule has 1 aromatic carbocycles. The molecule has 0 aromatic heterocycles. The summed E-state index contributed by atoms with van der Waals surface area (Å²) >= 11 is 0. The lowest BCUT2D eigenvalue weighted by Gasteiger charge is -2.22. The Morgan fingerprint density at radius 2 is 2.00 bits per heavy atom. The Bertz CT molecular complexity index is 436. The number of carbonyl (C=O) groups is 1. The van der Waals surface area contributed by atoms with Gasteiger partial charge in [-0.1, -0.05) is 32.1 Å². The van der Waals surface area contributed by atoms with E-state index in [1.165, 1.54) is 38.2 Å². The minimum absolute atomic E-state index is 0.202. The van der Waals surface area contributed by atoms with E-state index in [9.17, 15) is 9.90 Å². The van der Waals surface area contributed by atoms with Crippen LogP contribution in [0.3, 0.4) is 0 Å². The van der Waals surface area contributed by atoms with Gasteiger partial charge in [0, 0.05) is 0 Å². The lowest BCUT2D eigenvalue weighted by atomic mass is 9.84. The van der Waals surface area contributed by atoms with E-state index in [0.717, 1.165) is 12.0 Å². The number of carboxylic acid groups (broad SMARTS) is 1. The minimum Gasteiger partial charge on any atom is -0.508 e. The van der Waals surface area contributed by atoms with Crippen LogP contribution < -0.4 is 4.74 Å². The smallest absolute Gasteiger partial charge is 0.341 e.